The number of hydrogen-bond acceptors (Lipinski definition) is 3. The molecular weight excluding hydrogens is 627 g/mol. The van der Waals surface area contributed by atoms with Crippen molar-refractivity contribution in [2.75, 3.05) is 0 Å². The first-order valence-corrected chi connectivity index (χ1v) is 10.6. The van der Waals surface area contributed by atoms with E-state index < -0.39 is 11.8 Å². The zero-order valence-corrected chi connectivity index (χ0v) is 20.3. The molecule has 0 saturated carbocycles. The summed E-state index contributed by atoms with van der Waals surface area (Å²) in [6, 6.07) is 31.9. The van der Waals surface area contributed by atoms with Crippen molar-refractivity contribution in [2.45, 2.75) is 0 Å². The molecule has 0 aliphatic rings. The second-order valence-electron chi connectivity index (χ2n) is 7.63. The van der Waals surface area contributed by atoms with Crippen molar-refractivity contribution in [3.8, 4) is 28.6 Å². The minimum Gasteiger partial charge on any atom is -0.460 e. The van der Waals surface area contributed by atoms with Gasteiger partial charge in [0.1, 0.15) is 5.82 Å². The number of aromatic nitrogens is 3. The maximum Gasteiger partial charge on any atom is 2.00 e. The SMILES string of the molecule is Fc1ccc(-n2c3[c-]c(-c4[c-]c(Oc5ccccn5)ccc4)ccc3c3ccccc32)nc1F.[Pt+2]. The zero-order chi connectivity index (χ0) is 23.1. The molecule has 0 unspecified atom stereocenters. The molecule has 3 aromatic heterocycles. The Kier molecular flexibility index (Phi) is 6.14. The summed E-state index contributed by atoms with van der Waals surface area (Å²) in [4.78, 5) is 8.03. The molecule has 0 saturated heterocycles. The maximum absolute atomic E-state index is 14.0. The zero-order valence-electron chi connectivity index (χ0n) is 18.0. The standard InChI is InChI=1S/C28H15F2N3O.Pt/c29-23-13-14-26(32-28(23)30)33-24-9-2-1-8-21(24)22-12-11-19(17-25(22)33)18-6-5-7-20(16-18)34-27-10-3-4-15-31-27;/h1-15H;/q-2;+2. The summed E-state index contributed by atoms with van der Waals surface area (Å²) in [6.07, 6.45) is 1.66. The van der Waals surface area contributed by atoms with Crippen molar-refractivity contribution in [3.05, 3.63) is 115 Å². The van der Waals surface area contributed by atoms with Gasteiger partial charge in [-0.3, -0.25) is 0 Å². The summed E-state index contributed by atoms with van der Waals surface area (Å²) in [5.74, 6) is -0.872. The molecule has 0 bridgehead atoms. The van der Waals surface area contributed by atoms with E-state index in [0.29, 0.717) is 17.1 Å². The van der Waals surface area contributed by atoms with E-state index in [0.717, 1.165) is 33.5 Å². The Morgan fingerprint density at radius 3 is 2.40 bits per heavy atom. The normalized spacial score (nSPS) is 10.9. The largest absolute Gasteiger partial charge is 2.00 e. The minimum absolute atomic E-state index is 0. The Morgan fingerprint density at radius 2 is 1.57 bits per heavy atom. The molecule has 0 radical (unpaired) electrons. The summed E-state index contributed by atoms with van der Waals surface area (Å²) in [5.41, 5.74) is 3.05. The van der Waals surface area contributed by atoms with Crippen LogP contribution in [0.5, 0.6) is 11.6 Å². The predicted octanol–water partition coefficient (Wildman–Crippen LogP) is 6.91. The van der Waals surface area contributed by atoms with E-state index in [2.05, 4.69) is 22.1 Å². The van der Waals surface area contributed by atoms with E-state index in [1.165, 1.54) is 6.07 Å². The van der Waals surface area contributed by atoms with Gasteiger partial charge in [-0.1, -0.05) is 29.7 Å². The molecule has 3 heterocycles. The Bertz CT molecular complexity index is 1670. The number of pyridine rings is 2. The second kappa shape index (κ2) is 9.40. The van der Waals surface area contributed by atoms with Crippen LogP contribution in [-0.4, -0.2) is 14.5 Å². The van der Waals surface area contributed by atoms with E-state index in [4.69, 9.17) is 4.74 Å². The van der Waals surface area contributed by atoms with Crippen molar-refractivity contribution in [1.29, 1.82) is 0 Å². The molecular formula is C28H15F2N3OPt. The molecule has 3 aromatic carbocycles. The van der Waals surface area contributed by atoms with Gasteiger partial charge in [0.05, 0.1) is 0 Å². The summed E-state index contributed by atoms with van der Waals surface area (Å²) >= 11 is 0. The van der Waals surface area contributed by atoms with Crippen LogP contribution in [0.3, 0.4) is 0 Å². The fourth-order valence-electron chi connectivity index (χ4n) is 4.00. The quantitative estimate of drug-likeness (QED) is 0.155. The fraction of sp³-hybridized carbons (Fsp3) is 0. The molecule has 7 heteroatoms. The molecule has 0 atom stereocenters. The number of hydrogen-bond donors (Lipinski definition) is 0. The third-order valence-corrected chi connectivity index (χ3v) is 5.51. The molecule has 0 N–H and O–H groups in total. The van der Waals surface area contributed by atoms with Gasteiger partial charge in [-0.2, -0.15) is 33.6 Å². The topological polar surface area (TPSA) is 39.9 Å². The maximum atomic E-state index is 14.0. The Balaban J connectivity index is 0.00000253. The summed E-state index contributed by atoms with van der Waals surface area (Å²) in [7, 11) is 0. The van der Waals surface area contributed by atoms with Gasteiger partial charge in [-0.25, -0.2) is 20.5 Å². The molecule has 35 heavy (non-hydrogen) atoms. The van der Waals surface area contributed by atoms with Gasteiger partial charge < -0.3 is 9.30 Å². The van der Waals surface area contributed by atoms with Crippen LogP contribution in [0.15, 0.2) is 91.1 Å². The molecule has 0 amide bonds. The molecule has 0 spiro atoms. The van der Waals surface area contributed by atoms with Crippen molar-refractivity contribution in [2.24, 2.45) is 0 Å². The van der Waals surface area contributed by atoms with Crippen LogP contribution in [0.4, 0.5) is 8.78 Å². The van der Waals surface area contributed by atoms with Crippen LogP contribution in [0, 0.1) is 23.9 Å². The van der Waals surface area contributed by atoms with Crippen LogP contribution in [0.2, 0.25) is 0 Å². The first kappa shape index (κ1) is 22.9. The molecule has 0 fully saturated rings. The van der Waals surface area contributed by atoms with E-state index in [1.807, 2.05) is 60.7 Å². The number of para-hydroxylation sites is 1. The summed E-state index contributed by atoms with van der Waals surface area (Å²) < 4.78 is 35.2. The van der Waals surface area contributed by atoms with Crippen molar-refractivity contribution < 1.29 is 34.6 Å². The predicted molar refractivity (Wildman–Crippen MR) is 126 cm³/mol. The fourth-order valence-corrected chi connectivity index (χ4v) is 4.00. The monoisotopic (exact) mass is 642 g/mol. The molecule has 6 aromatic rings. The van der Waals surface area contributed by atoms with Gasteiger partial charge in [-0.15, -0.1) is 18.2 Å². The third kappa shape index (κ3) is 4.22. The Morgan fingerprint density at radius 1 is 0.743 bits per heavy atom. The molecule has 0 aliphatic heterocycles. The number of ether oxygens (including phenoxy) is 1. The van der Waals surface area contributed by atoms with E-state index in [-0.39, 0.29) is 26.9 Å². The number of nitrogens with zero attached hydrogens (tertiary/aromatic N) is 3. The Hall–Kier alpha value is -3.89. The molecule has 172 valence electrons. The number of fused-ring (bicyclic) bond motifs is 3. The number of halogens is 2. The third-order valence-electron chi connectivity index (χ3n) is 5.51. The van der Waals surface area contributed by atoms with Gasteiger partial charge in [0.15, 0.2) is 5.82 Å². The summed E-state index contributed by atoms with van der Waals surface area (Å²) in [6.45, 7) is 0. The van der Waals surface area contributed by atoms with Crippen LogP contribution in [0.25, 0.3) is 38.8 Å². The average molecular weight is 643 g/mol. The van der Waals surface area contributed by atoms with E-state index in [1.54, 1.807) is 22.9 Å². The van der Waals surface area contributed by atoms with Crippen molar-refractivity contribution in [3.63, 3.8) is 0 Å². The summed E-state index contributed by atoms with van der Waals surface area (Å²) in [5, 5.41) is 1.88. The van der Waals surface area contributed by atoms with Crippen molar-refractivity contribution in [1.82, 2.24) is 14.5 Å². The van der Waals surface area contributed by atoms with Crippen molar-refractivity contribution >= 4 is 21.8 Å². The van der Waals surface area contributed by atoms with Gasteiger partial charge in [0.2, 0.25) is 5.88 Å². The molecule has 6 rings (SSSR count). The van der Waals surface area contributed by atoms with Crippen LogP contribution >= 0.6 is 0 Å². The van der Waals surface area contributed by atoms with E-state index >= 15 is 0 Å². The first-order valence-electron chi connectivity index (χ1n) is 10.6. The van der Waals surface area contributed by atoms with Gasteiger partial charge in [0.25, 0.3) is 5.95 Å². The molecule has 4 nitrogen and oxygen atoms in total. The molecule has 0 aliphatic carbocycles. The van der Waals surface area contributed by atoms with E-state index in [9.17, 15) is 8.78 Å². The minimum atomic E-state index is -1.15. The number of rotatable bonds is 4. The van der Waals surface area contributed by atoms with Crippen LogP contribution in [0.1, 0.15) is 0 Å². The van der Waals surface area contributed by atoms with Gasteiger partial charge in [0, 0.05) is 23.5 Å². The average Bonchev–Trinajstić information content (AvgIpc) is 3.20. The van der Waals surface area contributed by atoms with Gasteiger partial charge in [-0.05, 0) is 35.2 Å². The van der Waals surface area contributed by atoms with Gasteiger partial charge >= 0.3 is 21.1 Å². The second-order valence-corrected chi connectivity index (χ2v) is 7.63. The van der Waals surface area contributed by atoms with Crippen LogP contribution < -0.4 is 4.74 Å². The Labute approximate surface area is 214 Å². The smallest absolute Gasteiger partial charge is 0.460 e. The number of benzene rings is 3. The first-order chi connectivity index (χ1) is 16.7. The van der Waals surface area contributed by atoms with Crippen LogP contribution in [-0.2, 0) is 21.1 Å².